The Morgan fingerprint density at radius 1 is 1.09 bits per heavy atom. The van der Waals surface area contributed by atoms with E-state index in [1.807, 2.05) is 30.3 Å². The van der Waals surface area contributed by atoms with E-state index in [0.29, 0.717) is 11.5 Å². The quantitative estimate of drug-likeness (QED) is 0.256. The Bertz CT molecular complexity index is 1080. The van der Waals surface area contributed by atoms with Gasteiger partial charge >= 0.3 is 0 Å². The van der Waals surface area contributed by atoms with Crippen LogP contribution < -0.4 is 9.64 Å². The fourth-order valence-corrected chi connectivity index (χ4v) is 4.63. The average molecular weight is 467 g/mol. The van der Waals surface area contributed by atoms with Gasteiger partial charge in [0, 0.05) is 49.6 Å². The third kappa shape index (κ3) is 5.54. The normalized spacial score (nSPS) is 17.4. The number of para-hydroxylation sites is 1. The van der Waals surface area contributed by atoms with Crippen molar-refractivity contribution in [2.45, 2.75) is 19.8 Å². The molecule has 9 heteroatoms. The fraction of sp³-hybridized carbons (Fsp3) is 0.333. The molecule has 2 aliphatic heterocycles. The number of nitrogens with zero attached hydrogens (tertiary/aromatic N) is 4. The number of unbranched alkanes of at least 4 members (excludes halogenated alkanes) is 1. The predicted octanol–water partition coefficient (Wildman–Crippen LogP) is 4.57. The van der Waals surface area contributed by atoms with Crippen molar-refractivity contribution in [3.05, 3.63) is 69.1 Å². The maximum atomic E-state index is 12.6. The van der Waals surface area contributed by atoms with Gasteiger partial charge in [0.25, 0.3) is 11.6 Å². The molecule has 2 heterocycles. The Balaban J connectivity index is 1.37. The summed E-state index contributed by atoms with van der Waals surface area (Å²) in [5, 5.41) is 11.6. The fourth-order valence-electron chi connectivity index (χ4n) is 3.67. The molecular formula is C24H26N4O4S. The highest BCUT2D eigenvalue weighted by molar-refractivity contribution is 8.18. The third-order valence-corrected chi connectivity index (χ3v) is 6.59. The number of nitro groups is 1. The van der Waals surface area contributed by atoms with Crippen molar-refractivity contribution < 1.29 is 14.5 Å². The molecule has 1 amide bonds. The van der Waals surface area contributed by atoms with Crippen LogP contribution in [0, 0.1) is 10.1 Å². The molecule has 0 radical (unpaired) electrons. The van der Waals surface area contributed by atoms with Crippen molar-refractivity contribution in [3.63, 3.8) is 0 Å². The molecule has 172 valence electrons. The van der Waals surface area contributed by atoms with Crippen molar-refractivity contribution in [2.24, 2.45) is 4.99 Å². The summed E-state index contributed by atoms with van der Waals surface area (Å²) in [6.07, 6.45) is 3.90. The van der Waals surface area contributed by atoms with Crippen LogP contribution in [0.3, 0.4) is 0 Å². The highest BCUT2D eigenvalue weighted by Gasteiger charge is 2.29. The van der Waals surface area contributed by atoms with Crippen LogP contribution in [0.25, 0.3) is 6.08 Å². The van der Waals surface area contributed by atoms with E-state index in [1.165, 1.54) is 23.9 Å². The van der Waals surface area contributed by atoms with Gasteiger partial charge in [-0.2, -0.15) is 4.99 Å². The lowest BCUT2D eigenvalue weighted by molar-refractivity contribution is -0.384. The topological polar surface area (TPSA) is 88.3 Å². The molecule has 1 fully saturated rings. The van der Waals surface area contributed by atoms with Crippen LogP contribution in [-0.2, 0) is 4.79 Å². The molecule has 0 saturated carbocycles. The van der Waals surface area contributed by atoms with E-state index in [0.717, 1.165) is 61.2 Å². The van der Waals surface area contributed by atoms with Gasteiger partial charge in [0.2, 0.25) is 0 Å². The van der Waals surface area contributed by atoms with Gasteiger partial charge in [-0.05, 0) is 42.5 Å². The molecule has 2 aromatic rings. The molecule has 0 atom stereocenters. The number of rotatable bonds is 7. The van der Waals surface area contributed by atoms with Crippen LogP contribution in [0.15, 0.2) is 58.4 Å². The zero-order valence-electron chi connectivity index (χ0n) is 18.5. The monoisotopic (exact) mass is 466 g/mol. The summed E-state index contributed by atoms with van der Waals surface area (Å²) in [6.45, 7) is 5.71. The number of hydrogen-bond donors (Lipinski definition) is 0. The lowest BCUT2D eigenvalue weighted by atomic mass is 10.2. The lowest BCUT2D eigenvalue weighted by Gasteiger charge is -2.36. The summed E-state index contributed by atoms with van der Waals surface area (Å²) in [7, 11) is 0. The number of nitro benzene ring substituents is 1. The second-order valence-corrected chi connectivity index (χ2v) is 8.81. The summed E-state index contributed by atoms with van der Waals surface area (Å²) >= 11 is 1.40. The minimum Gasteiger partial charge on any atom is -0.493 e. The summed E-state index contributed by atoms with van der Waals surface area (Å²) in [4.78, 5) is 32.2. The zero-order valence-corrected chi connectivity index (χ0v) is 19.3. The molecule has 8 nitrogen and oxygen atoms in total. The van der Waals surface area contributed by atoms with Crippen LogP contribution in [0.1, 0.15) is 25.3 Å². The maximum Gasteiger partial charge on any atom is 0.286 e. The molecule has 0 aromatic heterocycles. The molecule has 2 aromatic carbocycles. The lowest BCUT2D eigenvalue weighted by Crippen LogP contribution is -2.47. The number of amides is 1. The van der Waals surface area contributed by atoms with Gasteiger partial charge in [-0.15, -0.1) is 0 Å². The number of non-ortho nitro benzene ring substituents is 1. The van der Waals surface area contributed by atoms with Gasteiger partial charge in [0.05, 0.1) is 16.4 Å². The predicted molar refractivity (Wildman–Crippen MR) is 132 cm³/mol. The summed E-state index contributed by atoms with van der Waals surface area (Å²) in [5.74, 6) is 0.549. The van der Waals surface area contributed by atoms with Gasteiger partial charge in [0.15, 0.2) is 5.17 Å². The number of hydrogen-bond acceptors (Lipinski definition) is 7. The maximum absolute atomic E-state index is 12.6. The van der Waals surface area contributed by atoms with Crippen molar-refractivity contribution >= 4 is 40.3 Å². The largest absolute Gasteiger partial charge is 0.493 e. The molecule has 0 bridgehead atoms. The number of ether oxygens (including phenoxy) is 1. The Morgan fingerprint density at radius 3 is 2.48 bits per heavy atom. The second-order valence-electron chi connectivity index (χ2n) is 7.80. The van der Waals surface area contributed by atoms with Gasteiger partial charge in [-0.3, -0.25) is 14.9 Å². The Morgan fingerprint density at radius 2 is 1.79 bits per heavy atom. The molecule has 2 aliphatic rings. The van der Waals surface area contributed by atoms with E-state index in [-0.39, 0.29) is 11.6 Å². The number of thioether (sulfide) groups is 1. The molecule has 1 saturated heterocycles. The summed E-state index contributed by atoms with van der Waals surface area (Å²) in [5.41, 5.74) is 1.92. The molecule has 0 spiro atoms. The van der Waals surface area contributed by atoms with Gasteiger partial charge in [0.1, 0.15) is 5.75 Å². The highest BCUT2D eigenvalue weighted by Crippen LogP contribution is 2.33. The Kier molecular flexibility index (Phi) is 7.29. The Labute approximate surface area is 197 Å². The number of piperazine rings is 1. The summed E-state index contributed by atoms with van der Waals surface area (Å²) in [6, 6.07) is 14.3. The van der Waals surface area contributed by atoms with E-state index in [4.69, 9.17) is 4.74 Å². The van der Waals surface area contributed by atoms with Crippen molar-refractivity contribution in [1.29, 1.82) is 0 Å². The average Bonchev–Trinajstić information content (AvgIpc) is 3.20. The molecular weight excluding hydrogens is 440 g/mol. The smallest absolute Gasteiger partial charge is 0.286 e. The molecule has 4 rings (SSSR count). The molecule has 0 N–H and O–H groups in total. The van der Waals surface area contributed by atoms with Crippen molar-refractivity contribution in [2.75, 3.05) is 37.7 Å². The van der Waals surface area contributed by atoms with Crippen LogP contribution in [0.5, 0.6) is 5.75 Å². The first-order valence-electron chi connectivity index (χ1n) is 11.0. The molecule has 0 aliphatic carbocycles. The van der Waals surface area contributed by atoms with Crippen molar-refractivity contribution in [1.82, 2.24) is 4.90 Å². The van der Waals surface area contributed by atoms with Crippen LogP contribution in [0.2, 0.25) is 0 Å². The number of benzene rings is 2. The SMILES string of the molecule is CCCCOc1ccccc1/C=C1/SC(N2CCN(c3ccc([N+](=O)[O-])cc3)CC2)=NC1=O. The minimum atomic E-state index is -0.394. The number of amidine groups is 1. The van der Waals surface area contributed by atoms with E-state index < -0.39 is 4.92 Å². The molecule has 33 heavy (non-hydrogen) atoms. The first-order valence-corrected chi connectivity index (χ1v) is 11.9. The number of aliphatic imine (C=N–C) groups is 1. The van der Waals surface area contributed by atoms with Gasteiger partial charge in [-0.1, -0.05) is 31.5 Å². The van der Waals surface area contributed by atoms with E-state index >= 15 is 0 Å². The standard InChI is InChI=1S/C24H26N4O4S/c1-2-3-16-32-21-7-5-4-6-18(21)17-22-23(29)25-24(33-22)27-14-12-26(13-15-27)19-8-10-20(11-9-19)28(30)31/h4-11,17H,2-3,12-16H2,1H3/b22-17+. The summed E-state index contributed by atoms with van der Waals surface area (Å²) < 4.78 is 5.88. The number of carbonyl (C=O) groups is 1. The third-order valence-electron chi connectivity index (χ3n) is 5.55. The van der Waals surface area contributed by atoms with Crippen LogP contribution in [0.4, 0.5) is 11.4 Å². The van der Waals surface area contributed by atoms with E-state index in [1.54, 1.807) is 12.1 Å². The minimum absolute atomic E-state index is 0.0873. The first kappa shape index (κ1) is 22.8. The van der Waals surface area contributed by atoms with E-state index in [9.17, 15) is 14.9 Å². The molecule has 0 unspecified atom stereocenters. The Hall–Kier alpha value is -3.33. The first-order chi connectivity index (χ1) is 16.0. The number of anilines is 1. The van der Waals surface area contributed by atoms with Gasteiger partial charge < -0.3 is 14.5 Å². The van der Waals surface area contributed by atoms with E-state index in [2.05, 4.69) is 21.7 Å². The zero-order chi connectivity index (χ0) is 23.2. The highest BCUT2D eigenvalue weighted by atomic mass is 32.2. The number of carbonyl (C=O) groups excluding carboxylic acids is 1. The van der Waals surface area contributed by atoms with Crippen molar-refractivity contribution in [3.8, 4) is 5.75 Å². The van der Waals surface area contributed by atoms with Crippen LogP contribution >= 0.6 is 11.8 Å². The van der Waals surface area contributed by atoms with Crippen LogP contribution in [-0.4, -0.2) is 53.7 Å². The second kappa shape index (κ2) is 10.5. The van der Waals surface area contributed by atoms with Gasteiger partial charge in [-0.25, -0.2) is 0 Å².